The summed E-state index contributed by atoms with van der Waals surface area (Å²) in [6.45, 7) is 6.21. The summed E-state index contributed by atoms with van der Waals surface area (Å²) >= 11 is 0. The Balaban J connectivity index is 2.69. The molecule has 0 aliphatic carbocycles. The van der Waals surface area contributed by atoms with E-state index in [2.05, 4.69) is 50.1 Å². The number of rotatable bonds is 6. The number of nitrogens with zero attached hydrogens (tertiary/aromatic N) is 1. The molecule has 1 atom stereocenters. The van der Waals surface area contributed by atoms with Gasteiger partial charge < -0.3 is 5.73 Å². The van der Waals surface area contributed by atoms with Gasteiger partial charge in [0, 0.05) is 6.04 Å². The Hall–Kier alpha value is -0.860. The van der Waals surface area contributed by atoms with Crippen LogP contribution in [-0.2, 0) is 0 Å². The van der Waals surface area contributed by atoms with Crippen LogP contribution in [0.4, 0.5) is 0 Å². The zero-order valence-electron chi connectivity index (χ0n) is 10.7. The van der Waals surface area contributed by atoms with E-state index in [0.717, 1.165) is 25.9 Å². The molecule has 1 rings (SSSR count). The minimum absolute atomic E-state index is 0.521. The number of benzene rings is 1. The van der Waals surface area contributed by atoms with Crippen molar-refractivity contribution < 1.29 is 0 Å². The van der Waals surface area contributed by atoms with Crippen LogP contribution in [-0.4, -0.2) is 25.0 Å². The Bertz CT molecular complexity index is 292. The molecule has 1 aromatic carbocycles. The summed E-state index contributed by atoms with van der Waals surface area (Å²) in [7, 11) is 2.18. The van der Waals surface area contributed by atoms with Gasteiger partial charge in [-0.15, -0.1) is 0 Å². The van der Waals surface area contributed by atoms with Gasteiger partial charge in [0.25, 0.3) is 0 Å². The van der Waals surface area contributed by atoms with Gasteiger partial charge in [-0.25, -0.2) is 0 Å². The fourth-order valence-electron chi connectivity index (χ4n) is 2.09. The monoisotopic (exact) mass is 220 g/mol. The van der Waals surface area contributed by atoms with E-state index >= 15 is 0 Å². The second-order valence-corrected chi connectivity index (χ2v) is 4.46. The molecule has 0 aromatic heterocycles. The third kappa shape index (κ3) is 3.62. The van der Waals surface area contributed by atoms with Crippen molar-refractivity contribution in [2.45, 2.75) is 32.7 Å². The molecule has 0 fully saturated rings. The smallest absolute Gasteiger partial charge is 0.0342 e. The molecule has 0 bridgehead atoms. The van der Waals surface area contributed by atoms with Gasteiger partial charge in [0.15, 0.2) is 0 Å². The van der Waals surface area contributed by atoms with Crippen molar-refractivity contribution in [2.24, 2.45) is 5.73 Å². The fourth-order valence-corrected chi connectivity index (χ4v) is 2.09. The normalized spacial score (nSPS) is 13.1. The van der Waals surface area contributed by atoms with Crippen LogP contribution in [0.25, 0.3) is 0 Å². The topological polar surface area (TPSA) is 29.3 Å². The first-order valence-corrected chi connectivity index (χ1v) is 6.16. The predicted octanol–water partition coefficient (Wildman–Crippen LogP) is 2.73. The fraction of sp³-hybridized carbons (Fsp3) is 0.571. The van der Waals surface area contributed by atoms with Crippen LogP contribution in [0.3, 0.4) is 0 Å². The zero-order chi connectivity index (χ0) is 12.0. The van der Waals surface area contributed by atoms with Crippen molar-refractivity contribution >= 4 is 0 Å². The zero-order valence-corrected chi connectivity index (χ0v) is 10.7. The van der Waals surface area contributed by atoms with Crippen LogP contribution in [0.1, 0.15) is 36.9 Å². The Morgan fingerprint density at radius 2 is 1.88 bits per heavy atom. The molecule has 0 saturated heterocycles. The third-order valence-corrected chi connectivity index (χ3v) is 3.10. The first kappa shape index (κ1) is 13.2. The highest BCUT2D eigenvalue weighted by molar-refractivity contribution is 5.24. The molecule has 1 aromatic rings. The summed E-state index contributed by atoms with van der Waals surface area (Å²) in [5.74, 6) is 0. The summed E-state index contributed by atoms with van der Waals surface area (Å²) in [6, 6.07) is 9.38. The average molecular weight is 220 g/mol. The maximum absolute atomic E-state index is 5.55. The highest BCUT2D eigenvalue weighted by Gasteiger charge is 2.13. The van der Waals surface area contributed by atoms with Crippen LogP contribution < -0.4 is 5.73 Å². The van der Waals surface area contributed by atoms with Gasteiger partial charge in [-0.2, -0.15) is 0 Å². The second-order valence-electron chi connectivity index (χ2n) is 4.46. The highest BCUT2D eigenvalue weighted by atomic mass is 15.1. The molecule has 0 aliphatic heterocycles. The van der Waals surface area contributed by atoms with E-state index in [-0.39, 0.29) is 0 Å². The molecule has 0 aliphatic rings. The quantitative estimate of drug-likeness (QED) is 0.798. The van der Waals surface area contributed by atoms with E-state index in [1.54, 1.807) is 0 Å². The molecule has 0 amide bonds. The van der Waals surface area contributed by atoms with E-state index in [4.69, 9.17) is 5.73 Å². The van der Waals surface area contributed by atoms with Crippen molar-refractivity contribution in [3.63, 3.8) is 0 Å². The van der Waals surface area contributed by atoms with E-state index in [1.807, 2.05) is 0 Å². The molecule has 16 heavy (non-hydrogen) atoms. The first-order valence-electron chi connectivity index (χ1n) is 6.16. The molecule has 0 saturated carbocycles. The molecule has 0 heterocycles. The molecular weight excluding hydrogens is 196 g/mol. The Kier molecular flexibility index (Phi) is 5.50. The molecule has 2 heteroatoms. The maximum Gasteiger partial charge on any atom is 0.0342 e. The van der Waals surface area contributed by atoms with Crippen molar-refractivity contribution in [1.82, 2.24) is 4.90 Å². The van der Waals surface area contributed by atoms with E-state index in [0.29, 0.717) is 6.04 Å². The lowest BCUT2D eigenvalue weighted by Gasteiger charge is -2.27. The summed E-state index contributed by atoms with van der Waals surface area (Å²) in [6.07, 6.45) is 2.21. The van der Waals surface area contributed by atoms with Gasteiger partial charge >= 0.3 is 0 Å². The van der Waals surface area contributed by atoms with E-state index in [1.165, 1.54) is 11.1 Å². The van der Waals surface area contributed by atoms with Gasteiger partial charge in [-0.05, 0) is 45.5 Å². The molecule has 1 unspecified atom stereocenters. The van der Waals surface area contributed by atoms with Gasteiger partial charge in [-0.3, -0.25) is 4.90 Å². The minimum Gasteiger partial charge on any atom is -0.330 e. The van der Waals surface area contributed by atoms with Crippen LogP contribution in [0.2, 0.25) is 0 Å². The Morgan fingerprint density at radius 1 is 1.25 bits per heavy atom. The SMILES string of the molecule is CCC(c1ccc(C)cc1)N(C)CCCN. The standard InChI is InChI=1S/C14H24N2/c1-4-14(16(3)11-5-10-15)13-8-6-12(2)7-9-13/h6-9,14H,4-5,10-11,15H2,1-3H3. The van der Waals surface area contributed by atoms with Crippen LogP contribution in [0, 0.1) is 6.92 Å². The van der Waals surface area contributed by atoms with E-state index in [9.17, 15) is 0 Å². The lowest BCUT2D eigenvalue weighted by atomic mass is 10.0. The van der Waals surface area contributed by atoms with Gasteiger partial charge in [0.1, 0.15) is 0 Å². The summed E-state index contributed by atoms with van der Waals surface area (Å²) in [5.41, 5.74) is 8.28. The van der Waals surface area contributed by atoms with Gasteiger partial charge in [0.05, 0.1) is 0 Å². The van der Waals surface area contributed by atoms with Gasteiger partial charge in [-0.1, -0.05) is 36.8 Å². The summed E-state index contributed by atoms with van der Waals surface area (Å²) < 4.78 is 0. The van der Waals surface area contributed by atoms with Crippen LogP contribution in [0.5, 0.6) is 0 Å². The molecule has 2 N–H and O–H groups in total. The maximum atomic E-state index is 5.55. The molecule has 0 spiro atoms. The molecular formula is C14H24N2. The van der Waals surface area contributed by atoms with E-state index < -0.39 is 0 Å². The van der Waals surface area contributed by atoms with Crippen molar-refractivity contribution in [3.8, 4) is 0 Å². The molecule has 0 radical (unpaired) electrons. The first-order chi connectivity index (χ1) is 7.69. The average Bonchev–Trinajstić information content (AvgIpc) is 2.30. The third-order valence-electron chi connectivity index (χ3n) is 3.10. The van der Waals surface area contributed by atoms with Crippen LogP contribution >= 0.6 is 0 Å². The van der Waals surface area contributed by atoms with Crippen LogP contribution in [0.15, 0.2) is 24.3 Å². The number of aryl methyl sites for hydroxylation is 1. The van der Waals surface area contributed by atoms with Crippen molar-refractivity contribution in [2.75, 3.05) is 20.1 Å². The minimum atomic E-state index is 0.521. The number of hydrogen-bond donors (Lipinski definition) is 1. The molecule has 90 valence electrons. The Labute approximate surface area is 99.5 Å². The molecule has 2 nitrogen and oxygen atoms in total. The van der Waals surface area contributed by atoms with Gasteiger partial charge in [0.2, 0.25) is 0 Å². The summed E-state index contributed by atoms with van der Waals surface area (Å²) in [4.78, 5) is 2.40. The second kappa shape index (κ2) is 6.66. The largest absolute Gasteiger partial charge is 0.330 e. The predicted molar refractivity (Wildman–Crippen MR) is 70.5 cm³/mol. The summed E-state index contributed by atoms with van der Waals surface area (Å²) in [5, 5.41) is 0. The lowest BCUT2D eigenvalue weighted by Crippen LogP contribution is -2.26. The highest BCUT2D eigenvalue weighted by Crippen LogP contribution is 2.23. The Morgan fingerprint density at radius 3 is 2.38 bits per heavy atom. The van der Waals surface area contributed by atoms with Crippen molar-refractivity contribution in [1.29, 1.82) is 0 Å². The van der Waals surface area contributed by atoms with Crippen molar-refractivity contribution in [3.05, 3.63) is 35.4 Å². The number of hydrogen-bond acceptors (Lipinski definition) is 2. The number of nitrogens with two attached hydrogens (primary N) is 1. The lowest BCUT2D eigenvalue weighted by molar-refractivity contribution is 0.237.